The summed E-state index contributed by atoms with van der Waals surface area (Å²) in [6.45, 7) is 5.32. The smallest absolute Gasteiger partial charge is 0.306 e. The molecule has 3 saturated carbocycles. The van der Waals surface area contributed by atoms with E-state index in [2.05, 4.69) is 5.10 Å². The second kappa shape index (κ2) is 9.73. The molecule has 6 rings (SSSR count). The molecule has 2 unspecified atom stereocenters. The molecule has 0 spiro atoms. The van der Waals surface area contributed by atoms with Gasteiger partial charge in [0.2, 0.25) is 5.12 Å². The van der Waals surface area contributed by atoms with E-state index in [-0.39, 0.29) is 31.0 Å². The lowest BCUT2D eigenvalue weighted by atomic mass is 9.44. The van der Waals surface area contributed by atoms with Gasteiger partial charge in [-0.05, 0) is 92.1 Å². The van der Waals surface area contributed by atoms with E-state index in [9.17, 15) is 23.5 Å². The van der Waals surface area contributed by atoms with Crippen LogP contribution in [-0.4, -0.2) is 49.4 Å². The van der Waals surface area contributed by atoms with Gasteiger partial charge in [-0.3, -0.25) is 9.59 Å². The number of carbonyl (C=O) groups excluding carboxylic acids is 2. The number of thioether (sulfide) groups is 1. The number of aliphatic hydroxyl groups is 1. The van der Waals surface area contributed by atoms with E-state index in [0.29, 0.717) is 43.1 Å². The Balaban J connectivity index is 1.39. The molecule has 0 bridgehead atoms. The predicted molar refractivity (Wildman–Crippen MR) is 149 cm³/mol. The van der Waals surface area contributed by atoms with Gasteiger partial charge in [0.25, 0.3) is 0 Å². The van der Waals surface area contributed by atoms with Crippen LogP contribution in [0.4, 0.5) is 13.2 Å². The van der Waals surface area contributed by atoms with Crippen molar-refractivity contribution in [3.05, 3.63) is 53.1 Å². The molecule has 2 aromatic rings. The second-order valence-electron chi connectivity index (χ2n) is 12.5. The lowest BCUT2D eigenvalue weighted by Gasteiger charge is -2.63. The molecule has 6 nitrogen and oxygen atoms in total. The first-order valence-electron chi connectivity index (χ1n) is 14.3. The maximum absolute atomic E-state index is 17.9. The van der Waals surface area contributed by atoms with Gasteiger partial charge in [-0.15, -0.1) is 0 Å². The number of halogens is 3. The van der Waals surface area contributed by atoms with Crippen LogP contribution in [0.3, 0.4) is 0 Å². The summed E-state index contributed by atoms with van der Waals surface area (Å²) in [7, 11) is 0. The number of carbonyl (C=O) groups is 2. The molecule has 1 heterocycles. The Bertz CT molecular complexity index is 1430. The van der Waals surface area contributed by atoms with Crippen molar-refractivity contribution in [3.63, 3.8) is 0 Å². The van der Waals surface area contributed by atoms with Crippen LogP contribution in [0.15, 0.2) is 36.0 Å². The molecule has 0 radical (unpaired) electrons. The highest BCUT2D eigenvalue weighted by molar-refractivity contribution is 8.13. The van der Waals surface area contributed by atoms with E-state index < -0.39 is 51.2 Å². The van der Waals surface area contributed by atoms with Crippen LogP contribution in [0.5, 0.6) is 0 Å². The Hall–Kier alpha value is -2.59. The number of hydrogen-bond donors (Lipinski definition) is 1. The van der Waals surface area contributed by atoms with Crippen LogP contribution < -0.4 is 0 Å². The monoisotopic (exact) mass is 588 g/mol. The third-order valence-corrected chi connectivity index (χ3v) is 11.6. The summed E-state index contributed by atoms with van der Waals surface area (Å²) in [6.07, 6.45) is 4.22. The van der Waals surface area contributed by atoms with Crippen LogP contribution in [0.2, 0.25) is 0 Å². The van der Waals surface area contributed by atoms with Crippen molar-refractivity contribution in [1.82, 2.24) is 9.78 Å². The van der Waals surface area contributed by atoms with Crippen molar-refractivity contribution in [2.24, 2.45) is 22.7 Å². The summed E-state index contributed by atoms with van der Waals surface area (Å²) in [5.74, 6) is -1.84. The summed E-state index contributed by atoms with van der Waals surface area (Å²) < 4.78 is 52.4. The van der Waals surface area contributed by atoms with Gasteiger partial charge in [0.15, 0.2) is 5.60 Å². The van der Waals surface area contributed by atoms with Crippen molar-refractivity contribution in [2.45, 2.75) is 83.1 Å². The minimum atomic E-state index is -2.00. The van der Waals surface area contributed by atoms with E-state index in [1.54, 1.807) is 29.9 Å². The number of fused-ring (bicyclic) bond motifs is 6. The number of nitrogens with zero attached hydrogens (tertiary/aromatic N) is 2. The average Bonchev–Trinajstić information content (AvgIpc) is 3.47. The fourth-order valence-electron chi connectivity index (χ4n) is 8.81. The molecule has 10 heteroatoms. The maximum Gasteiger partial charge on any atom is 0.306 e. The summed E-state index contributed by atoms with van der Waals surface area (Å²) in [4.78, 5) is 26.0. The first-order chi connectivity index (χ1) is 19.4. The highest BCUT2D eigenvalue weighted by Crippen LogP contribution is 2.71. The molecule has 1 aromatic heterocycles. The SMILES string of the molecule is CCC(=O)O[C@]1(C(=O)SCF)CC[C@H]2[C@@H]3CCC4=Cc5c(cnn5-c5ccc(F)cc5)C[C@]4(C)[C@@]3(F)C(O)CC21C. The van der Waals surface area contributed by atoms with E-state index in [0.717, 1.165) is 16.8 Å². The van der Waals surface area contributed by atoms with Crippen molar-refractivity contribution in [2.75, 3.05) is 6.01 Å². The lowest BCUT2D eigenvalue weighted by Crippen LogP contribution is -2.70. The topological polar surface area (TPSA) is 81.4 Å². The van der Waals surface area contributed by atoms with E-state index in [4.69, 9.17) is 4.74 Å². The van der Waals surface area contributed by atoms with Gasteiger partial charge in [-0.25, -0.2) is 17.9 Å². The van der Waals surface area contributed by atoms with Crippen LogP contribution in [0, 0.1) is 28.5 Å². The summed E-state index contributed by atoms with van der Waals surface area (Å²) >= 11 is 0.477. The quantitative estimate of drug-likeness (QED) is 0.423. The normalized spacial score (nSPS) is 37.3. The standard InChI is InChI=1S/C31H35F3N2O4S/c1-4-26(38)40-30(27(39)41-17-32)12-11-22-23-10-5-19-13-24-18(16-35-36(24)21-8-6-20(33)7-9-21)14-28(19,2)31(23,34)25(37)15-29(22,30)3/h6-9,13,16,22-23,25,37H,4-5,10-12,14-15,17H2,1-3H3/t22-,23-,25?,28-,29?,30-,31-/m0/s1. The van der Waals surface area contributed by atoms with E-state index in [1.165, 1.54) is 12.1 Å². The van der Waals surface area contributed by atoms with Gasteiger partial charge in [-0.2, -0.15) is 5.10 Å². The molecule has 4 aliphatic carbocycles. The van der Waals surface area contributed by atoms with E-state index >= 15 is 4.39 Å². The average molecular weight is 589 g/mol. The van der Waals surface area contributed by atoms with Crippen LogP contribution >= 0.6 is 11.8 Å². The predicted octanol–water partition coefficient (Wildman–Crippen LogP) is 6.14. The fraction of sp³-hybridized carbons (Fsp3) is 0.581. The fourth-order valence-corrected chi connectivity index (χ4v) is 9.52. The zero-order valence-electron chi connectivity index (χ0n) is 23.5. The minimum Gasteiger partial charge on any atom is -0.449 e. The molecular weight excluding hydrogens is 553 g/mol. The van der Waals surface area contributed by atoms with Crippen LogP contribution in [0.25, 0.3) is 11.8 Å². The molecule has 0 aliphatic heterocycles. The first-order valence-corrected chi connectivity index (χ1v) is 15.3. The molecule has 4 aliphatic rings. The number of alkyl halides is 2. The third-order valence-electron chi connectivity index (χ3n) is 10.9. The number of allylic oxidation sites excluding steroid dienone is 1. The number of hydrogen-bond acceptors (Lipinski definition) is 6. The lowest BCUT2D eigenvalue weighted by molar-refractivity contribution is -0.228. The highest BCUT2D eigenvalue weighted by atomic mass is 32.2. The van der Waals surface area contributed by atoms with Crippen molar-refractivity contribution in [1.29, 1.82) is 0 Å². The zero-order valence-corrected chi connectivity index (χ0v) is 24.3. The second-order valence-corrected chi connectivity index (χ2v) is 13.4. The Morgan fingerprint density at radius 1 is 1.20 bits per heavy atom. The molecule has 220 valence electrons. The molecular formula is C31H35F3N2O4S. The number of aliphatic hydroxyl groups excluding tert-OH is 1. The Kier molecular flexibility index (Phi) is 6.77. The third kappa shape index (κ3) is 3.78. The van der Waals surface area contributed by atoms with Gasteiger partial charge in [0.05, 0.1) is 23.7 Å². The number of benzene rings is 1. The molecule has 41 heavy (non-hydrogen) atoms. The number of aromatic nitrogens is 2. The highest BCUT2D eigenvalue weighted by Gasteiger charge is 2.75. The van der Waals surface area contributed by atoms with Gasteiger partial charge in [0, 0.05) is 23.2 Å². The van der Waals surface area contributed by atoms with Crippen molar-refractivity contribution < 1.29 is 32.6 Å². The molecule has 0 saturated heterocycles. The Morgan fingerprint density at radius 2 is 1.93 bits per heavy atom. The summed E-state index contributed by atoms with van der Waals surface area (Å²) in [5, 5.41) is 15.7. The summed E-state index contributed by atoms with van der Waals surface area (Å²) in [6, 6.07) is 5.08. The summed E-state index contributed by atoms with van der Waals surface area (Å²) in [5.41, 5.74) is -2.43. The largest absolute Gasteiger partial charge is 0.449 e. The van der Waals surface area contributed by atoms with Gasteiger partial charge >= 0.3 is 5.97 Å². The van der Waals surface area contributed by atoms with Crippen LogP contribution in [-0.2, 0) is 20.7 Å². The van der Waals surface area contributed by atoms with Gasteiger partial charge < -0.3 is 9.84 Å². The number of ether oxygens (including phenoxy) is 1. The Morgan fingerprint density at radius 3 is 2.61 bits per heavy atom. The van der Waals surface area contributed by atoms with Crippen LogP contribution in [0.1, 0.15) is 70.6 Å². The maximum atomic E-state index is 17.9. The number of rotatable bonds is 5. The number of esters is 1. The molecule has 1 aromatic carbocycles. The molecule has 1 N–H and O–H groups in total. The molecule has 3 fully saturated rings. The van der Waals surface area contributed by atoms with Crippen molar-refractivity contribution in [3.8, 4) is 5.69 Å². The zero-order chi connectivity index (χ0) is 29.4. The molecule has 7 atom stereocenters. The Labute approximate surface area is 241 Å². The van der Waals surface area contributed by atoms with Gasteiger partial charge in [-0.1, -0.05) is 26.3 Å². The minimum absolute atomic E-state index is 0.0509. The van der Waals surface area contributed by atoms with E-state index in [1.807, 2.05) is 19.9 Å². The molecule has 0 amide bonds. The van der Waals surface area contributed by atoms with Crippen molar-refractivity contribution >= 4 is 28.9 Å². The van der Waals surface area contributed by atoms with Gasteiger partial charge in [0.1, 0.15) is 17.5 Å². The first kappa shape index (κ1) is 28.5.